The van der Waals surface area contributed by atoms with E-state index < -0.39 is 59.2 Å². The third kappa shape index (κ3) is 6.16. The van der Waals surface area contributed by atoms with Crippen molar-refractivity contribution in [3.05, 3.63) is 48.6 Å². The van der Waals surface area contributed by atoms with Gasteiger partial charge in [-0.15, -0.1) is 0 Å². The van der Waals surface area contributed by atoms with Gasteiger partial charge in [0.25, 0.3) is 16.7 Å². The Kier molecular flexibility index (Phi) is 9.42. The van der Waals surface area contributed by atoms with Crippen molar-refractivity contribution in [2.75, 3.05) is 25.6 Å². The Balaban J connectivity index is 2.21. The lowest BCUT2D eigenvalue weighted by molar-refractivity contribution is -0.137. The maximum atomic E-state index is 14.2. The molecular weight excluding hydrogens is 588 g/mol. The molecule has 2 aromatic rings. The quantitative estimate of drug-likeness (QED) is 0.127. The summed E-state index contributed by atoms with van der Waals surface area (Å²) >= 11 is 0. The van der Waals surface area contributed by atoms with Gasteiger partial charge >= 0.3 is 5.97 Å². The van der Waals surface area contributed by atoms with Crippen LogP contribution in [0.4, 0.5) is 5.69 Å². The zero-order valence-corrected chi connectivity index (χ0v) is 25.6. The van der Waals surface area contributed by atoms with Crippen molar-refractivity contribution in [2.24, 2.45) is 10.7 Å². The van der Waals surface area contributed by atoms with Crippen molar-refractivity contribution >= 4 is 45.0 Å². The van der Waals surface area contributed by atoms with E-state index in [0.29, 0.717) is 4.57 Å². The van der Waals surface area contributed by atoms with Crippen LogP contribution >= 0.6 is 0 Å². The van der Waals surface area contributed by atoms with Crippen molar-refractivity contribution in [3.63, 3.8) is 0 Å². The van der Waals surface area contributed by atoms with Gasteiger partial charge < -0.3 is 31.3 Å². The highest BCUT2D eigenvalue weighted by Crippen LogP contribution is 2.41. The fourth-order valence-electron chi connectivity index (χ4n) is 5.57. The number of aromatic hydroxyl groups is 1. The van der Waals surface area contributed by atoms with Gasteiger partial charge in [0.2, 0.25) is 17.7 Å². The van der Waals surface area contributed by atoms with Crippen LogP contribution in [-0.2, 0) is 25.7 Å². The molecule has 0 radical (unpaired) electrons. The number of rotatable bonds is 13. The smallest absolute Gasteiger partial charge is 0.303 e. The number of carboxylic acids is 1. The normalized spacial score (nSPS) is 13.0. The first-order chi connectivity index (χ1) is 21.2. The first-order valence-corrected chi connectivity index (χ1v) is 14.4. The van der Waals surface area contributed by atoms with Gasteiger partial charge in [-0.05, 0) is 46.2 Å². The molecule has 2 aliphatic rings. The number of hydrogen-bond acceptors (Lipinski definition) is 10. The van der Waals surface area contributed by atoms with Gasteiger partial charge in [-0.3, -0.25) is 42.9 Å². The molecule has 0 saturated carbocycles. The summed E-state index contributed by atoms with van der Waals surface area (Å²) in [5.41, 5.74) is 3.30. The molecule has 2 heterocycles. The second-order valence-electron chi connectivity index (χ2n) is 11.3. The molecule has 1 aliphatic carbocycles. The maximum absolute atomic E-state index is 14.2. The summed E-state index contributed by atoms with van der Waals surface area (Å²) in [5.74, 6) is -3.19. The van der Waals surface area contributed by atoms with Gasteiger partial charge in [-0.1, -0.05) is 0 Å². The molecule has 1 aliphatic heterocycles. The number of nitrogens with zero attached hydrogens (tertiary/aromatic N) is 3. The zero-order chi connectivity index (χ0) is 33.3. The van der Waals surface area contributed by atoms with E-state index in [1.54, 1.807) is 27.7 Å². The van der Waals surface area contributed by atoms with Crippen LogP contribution in [0.3, 0.4) is 0 Å². The Labute approximate surface area is 256 Å². The van der Waals surface area contributed by atoms with E-state index in [1.807, 2.05) is 0 Å². The molecule has 15 nitrogen and oxygen atoms in total. The van der Waals surface area contributed by atoms with Crippen molar-refractivity contribution < 1.29 is 29.3 Å². The lowest BCUT2D eigenvalue weighted by Crippen LogP contribution is -2.44. The number of nitrogens with two attached hydrogens (primary N) is 1. The first-order valence-electron chi connectivity index (χ1n) is 14.4. The second-order valence-corrected chi connectivity index (χ2v) is 11.3. The van der Waals surface area contributed by atoms with Gasteiger partial charge in [0.15, 0.2) is 0 Å². The molecule has 240 valence electrons. The Hall–Kier alpha value is -5.05. The minimum absolute atomic E-state index is 0.0167. The lowest BCUT2D eigenvalue weighted by Gasteiger charge is -2.24. The molecule has 6 N–H and O–H groups in total. The number of carbonyl (C=O) groups is 3. The van der Waals surface area contributed by atoms with Crippen LogP contribution < -0.4 is 38.4 Å². The molecular formula is C30H36N6O9. The number of ether oxygens (including phenoxy) is 1. The molecule has 0 spiro atoms. The summed E-state index contributed by atoms with van der Waals surface area (Å²) in [5, 5.41) is 26.8. The number of hydrogen-bond donors (Lipinski definition) is 5. The van der Waals surface area contributed by atoms with Gasteiger partial charge in [0.1, 0.15) is 12.6 Å². The van der Waals surface area contributed by atoms with Crippen LogP contribution in [0.5, 0.6) is 5.88 Å². The highest BCUT2D eigenvalue weighted by atomic mass is 16.5. The number of benzene rings is 2. The van der Waals surface area contributed by atoms with E-state index in [2.05, 4.69) is 15.6 Å². The average molecular weight is 625 g/mol. The van der Waals surface area contributed by atoms with Crippen molar-refractivity contribution in [2.45, 2.75) is 65.2 Å². The average Bonchev–Trinajstić information content (AvgIpc) is 2.93. The number of aromatic nitrogens is 2. The Bertz CT molecular complexity index is 2000. The molecule has 0 bridgehead atoms. The predicted molar refractivity (Wildman–Crippen MR) is 166 cm³/mol. The van der Waals surface area contributed by atoms with Crippen LogP contribution in [0.25, 0.3) is 32.7 Å². The second kappa shape index (κ2) is 12.9. The van der Waals surface area contributed by atoms with E-state index in [0.717, 1.165) is 4.57 Å². The van der Waals surface area contributed by atoms with Crippen molar-refractivity contribution in [1.82, 2.24) is 14.5 Å². The number of carbonyl (C=O) groups excluding carboxylic acids is 2. The number of nitrogens with one attached hydrogen (secondary N) is 2. The number of methoxy groups -OCH3 is 1. The van der Waals surface area contributed by atoms with Gasteiger partial charge in [0.05, 0.1) is 21.7 Å². The maximum Gasteiger partial charge on any atom is 0.303 e. The third-order valence-corrected chi connectivity index (χ3v) is 7.27. The summed E-state index contributed by atoms with van der Waals surface area (Å²) in [6.45, 7) is 6.80. The monoisotopic (exact) mass is 624 g/mol. The molecule has 15 heteroatoms. The fourth-order valence-corrected chi connectivity index (χ4v) is 5.57. The van der Waals surface area contributed by atoms with Crippen LogP contribution in [0, 0.1) is 0 Å². The molecule has 4 rings (SSSR count). The van der Waals surface area contributed by atoms with Crippen LogP contribution in [0.15, 0.2) is 31.5 Å². The number of carboxylic acid groups (broad SMARTS) is 1. The van der Waals surface area contributed by atoms with E-state index in [4.69, 9.17) is 10.5 Å². The molecule has 45 heavy (non-hydrogen) atoms. The van der Waals surface area contributed by atoms with Crippen LogP contribution in [-0.4, -0.2) is 69.5 Å². The van der Waals surface area contributed by atoms with E-state index >= 15 is 0 Å². The molecule has 0 fully saturated rings. The van der Waals surface area contributed by atoms with E-state index in [1.165, 1.54) is 19.2 Å². The van der Waals surface area contributed by atoms with Gasteiger partial charge in [0, 0.05) is 60.7 Å². The molecule has 0 unspecified atom stereocenters. The Morgan fingerprint density at radius 2 is 1.71 bits per heavy atom. The summed E-state index contributed by atoms with van der Waals surface area (Å²) in [6.07, 6.45) is -0.940. The minimum atomic E-state index is -1.57. The number of amides is 2. The molecule has 1 atom stereocenters. The Morgan fingerprint density at radius 3 is 2.29 bits per heavy atom. The summed E-state index contributed by atoms with van der Waals surface area (Å²) in [6, 6.07) is 0.667. The molecule has 1 aromatic carbocycles. The number of aliphatic carboxylic acids is 1. The largest absolute Gasteiger partial charge is 0.494 e. The minimum Gasteiger partial charge on any atom is -0.494 e. The standard InChI is InChI=1S/C30H36N6O9/c1-13(2)33-17-11-16-23-22-15(27(41)35(29(43)24(17)22)9-8-32-20(37)12-45-5)10-18(34-14(3)4)25(23)30(44)36(28(16)42)19(26(31)40)6-7-21(38)39/h10-11,13-14,19,34,41H,6-9,12H2,1-5H3,(H2,31,40)(H,32,37)(H,38,39)/t19-/m0/s1. The summed E-state index contributed by atoms with van der Waals surface area (Å²) in [7, 11) is 1.36. The van der Waals surface area contributed by atoms with Crippen molar-refractivity contribution in [1.29, 1.82) is 0 Å². The van der Waals surface area contributed by atoms with Crippen LogP contribution in [0.1, 0.15) is 46.6 Å². The van der Waals surface area contributed by atoms with Crippen LogP contribution in [0.2, 0.25) is 0 Å². The third-order valence-electron chi connectivity index (χ3n) is 7.27. The van der Waals surface area contributed by atoms with Gasteiger partial charge in [-0.25, -0.2) is 0 Å². The molecule has 1 aromatic heterocycles. The first kappa shape index (κ1) is 32.9. The fraction of sp³-hybridized carbons (Fsp3) is 0.433. The molecule has 2 amide bonds. The topological polar surface area (TPSA) is 224 Å². The molecule has 0 saturated heterocycles. The number of primary amides is 1. The predicted octanol–water partition coefficient (Wildman–Crippen LogP) is 0.146. The van der Waals surface area contributed by atoms with Crippen molar-refractivity contribution in [3.8, 4) is 17.0 Å². The highest BCUT2D eigenvalue weighted by molar-refractivity contribution is 6.19. The summed E-state index contributed by atoms with van der Waals surface area (Å²) in [4.78, 5) is 82.6. The number of anilines is 1. The van der Waals surface area contributed by atoms with E-state index in [9.17, 15) is 39.0 Å². The highest BCUT2D eigenvalue weighted by Gasteiger charge is 2.32. The van der Waals surface area contributed by atoms with Gasteiger partial charge in [-0.2, -0.15) is 0 Å². The lowest BCUT2D eigenvalue weighted by atomic mass is 9.89. The van der Waals surface area contributed by atoms with E-state index in [-0.39, 0.29) is 75.5 Å². The number of pyridine rings is 2. The SMILES string of the molecule is COCC(=O)NCCn1c(O)c2cc(NC(C)C)c3c4c2c(c(=NC(C)C)cc-4c(=O)n([C@@H](CCC(=O)O)C(N)=O)c3=O)c1=O. The summed E-state index contributed by atoms with van der Waals surface area (Å²) < 4.78 is 6.56. The Morgan fingerprint density at radius 1 is 1.02 bits per heavy atom. The zero-order valence-electron chi connectivity index (χ0n) is 25.6.